The molecule has 0 aliphatic heterocycles. The predicted molar refractivity (Wildman–Crippen MR) is 34.2 cm³/mol. The van der Waals surface area contributed by atoms with Gasteiger partial charge in [0.25, 0.3) is 0 Å². The minimum absolute atomic E-state index is 0.418. The lowest BCUT2D eigenvalue weighted by Crippen LogP contribution is -1.81. The molecule has 0 aromatic carbocycles. The number of hydrogen-bond donors (Lipinski definition) is 0. The normalized spacial score (nSPS) is 8.00. The lowest BCUT2D eigenvalue weighted by atomic mass is 10.2. The molecular formula is C7H12O. The Kier molecular flexibility index (Phi) is 4.16. The van der Waals surface area contributed by atoms with Crippen LogP contribution in [0.15, 0.2) is 0 Å². The fourth-order valence-electron chi connectivity index (χ4n) is 0.232. The Balaban J connectivity index is 3.20. The molecule has 0 saturated heterocycles. The summed E-state index contributed by atoms with van der Waals surface area (Å²) in [5, 5.41) is 0. The molecule has 0 rings (SSSR count). The predicted octanol–water partition coefficient (Wildman–Crippen LogP) is 1.64. The van der Waals surface area contributed by atoms with Crippen LogP contribution in [0.25, 0.3) is 0 Å². The minimum atomic E-state index is 0.418. The summed E-state index contributed by atoms with van der Waals surface area (Å²) < 4.78 is 4.78. The maximum absolute atomic E-state index is 4.78. The van der Waals surface area contributed by atoms with Crippen LogP contribution in [-0.4, -0.2) is 6.61 Å². The van der Waals surface area contributed by atoms with Crippen LogP contribution >= 0.6 is 0 Å². The Morgan fingerprint density at radius 2 is 2.12 bits per heavy atom. The SMILES string of the molecule is CCOC#CC(C)C. The van der Waals surface area contributed by atoms with E-state index < -0.39 is 0 Å². The second-order valence-corrected chi connectivity index (χ2v) is 1.83. The molecular weight excluding hydrogens is 100 g/mol. The standard InChI is InChI=1S/C7H12O/c1-4-8-6-5-7(2)3/h7H,4H2,1-3H3. The van der Waals surface area contributed by atoms with Gasteiger partial charge >= 0.3 is 0 Å². The highest BCUT2D eigenvalue weighted by molar-refractivity contribution is 4.94. The molecule has 0 unspecified atom stereocenters. The van der Waals surface area contributed by atoms with E-state index in [4.69, 9.17) is 4.74 Å². The fraction of sp³-hybridized carbons (Fsp3) is 0.714. The molecule has 0 N–H and O–H groups in total. The van der Waals surface area contributed by atoms with E-state index in [0.717, 1.165) is 0 Å². The zero-order chi connectivity index (χ0) is 6.41. The number of rotatable bonds is 1. The van der Waals surface area contributed by atoms with Crippen LogP contribution in [0.2, 0.25) is 0 Å². The van der Waals surface area contributed by atoms with Gasteiger partial charge < -0.3 is 4.74 Å². The molecule has 1 nitrogen and oxygen atoms in total. The largest absolute Gasteiger partial charge is 0.447 e. The molecule has 46 valence electrons. The van der Waals surface area contributed by atoms with Gasteiger partial charge in [0.15, 0.2) is 0 Å². The van der Waals surface area contributed by atoms with Gasteiger partial charge in [0.1, 0.15) is 6.11 Å². The first-order chi connectivity index (χ1) is 3.77. The van der Waals surface area contributed by atoms with Gasteiger partial charge in [0.05, 0.1) is 6.61 Å². The summed E-state index contributed by atoms with van der Waals surface area (Å²) in [5.74, 6) is 3.29. The maximum atomic E-state index is 4.78. The monoisotopic (exact) mass is 112 g/mol. The Labute approximate surface area is 51.0 Å². The smallest absolute Gasteiger partial charge is 0.110 e. The van der Waals surface area contributed by atoms with Gasteiger partial charge in [0, 0.05) is 5.92 Å². The lowest BCUT2D eigenvalue weighted by molar-refractivity contribution is 0.298. The average molecular weight is 112 g/mol. The van der Waals surface area contributed by atoms with Gasteiger partial charge in [-0.2, -0.15) is 0 Å². The first-order valence-electron chi connectivity index (χ1n) is 2.89. The van der Waals surface area contributed by atoms with Crippen molar-refractivity contribution in [3.05, 3.63) is 0 Å². The van der Waals surface area contributed by atoms with Gasteiger partial charge in [-0.15, -0.1) is 0 Å². The summed E-state index contributed by atoms with van der Waals surface area (Å²) in [6.45, 7) is 6.67. The Hall–Kier alpha value is -0.640. The summed E-state index contributed by atoms with van der Waals surface area (Å²) in [6.07, 6.45) is 2.58. The van der Waals surface area contributed by atoms with Crippen molar-refractivity contribution in [1.29, 1.82) is 0 Å². The van der Waals surface area contributed by atoms with Gasteiger partial charge in [-0.1, -0.05) is 19.8 Å². The maximum Gasteiger partial charge on any atom is 0.110 e. The van der Waals surface area contributed by atoms with E-state index >= 15 is 0 Å². The molecule has 0 fully saturated rings. The molecule has 0 aromatic heterocycles. The minimum Gasteiger partial charge on any atom is -0.447 e. The zero-order valence-electron chi connectivity index (χ0n) is 5.69. The van der Waals surface area contributed by atoms with Gasteiger partial charge in [-0.3, -0.25) is 0 Å². The van der Waals surface area contributed by atoms with Gasteiger partial charge in [0.2, 0.25) is 0 Å². The fourth-order valence-corrected chi connectivity index (χ4v) is 0.232. The first kappa shape index (κ1) is 7.36. The van der Waals surface area contributed by atoms with Crippen molar-refractivity contribution in [1.82, 2.24) is 0 Å². The summed E-state index contributed by atoms with van der Waals surface area (Å²) in [6, 6.07) is 0. The van der Waals surface area contributed by atoms with Crippen LogP contribution in [0.1, 0.15) is 20.8 Å². The van der Waals surface area contributed by atoms with Gasteiger partial charge in [-0.05, 0) is 6.92 Å². The highest BCUT2D eigenvalue weighted by Crippen LogP contribution is 1.84. The van der Waals surface area contributed by atoms with Gasteiger partial charge in [-0.25, -0.2) is 0 Å². The molecule has 0 amide bonds. The first-order valence-corrected chi connectivity index (χ1v) is 2.89. The quantitative estimate of drug-likeness (QED) is 0.468. The Morgan fingerprint density at radius 1 is 1.50 bits per heavy atom. The molecule has 0 bridgehead atoms. The van der Waals surface area contributed by atoms with E-state index in [1.807, 2.05) is 20.8 Å². The van der Waals surface area contributed by atoms with Crippen LogP contribution in [0.4, 0.5) is 0 Å². The summed E-state index contributed by atoms with van der Waals surface area (Å²) in [5.41, 5.74) is 0. The highest BCUT2D eigenvalue weighted by Gasteiger charge is 1.79. The summed E-state index contributed by atoms with van der Waals surface area (Å²) >= 11 is 0. The van der Waals surface area contributed by atoms with Crippen LogP contribution in [0.3, 0.4) is 0 Å². The summed E-state index contributed by atoms with van der Waals surface area (Å²) in [4.78, 5) is 0. The second-order valence-electron chi connectivity index (χ2n) is 1.83. The van der Waals surface area contributed by atoms with Crippen molar-refractivity contribution in [2.24, 2.45) is 5.92 Å². The molecule has 0 spiro atoms. The van der Waals surface area contributed by atoms with Crippen LogP contribution in [0.5, 0.6) is 0 Å². The second kappa shape index (κ2) is 4.52. The molecule has 0 radical (unpaired) electrons. The number of ether oxygens (including phenoxy) is 1. The van der Waals surface area contributed by atoms with Crippen molar-refractivity contribution >= 4 is 0 Å². The summed E-state index contributed by atoms with van der Waals surface area (Å²) in [7, 11) is 0. The van der Waals surface area contributed by atoms with Crippen molar-refractivity contribution in [2.75, 3.05) is 6.61 Å². The van der Waals surface area contributed by atoms with Crippen LogP contribution in [0, 0.1) is 17.9 Å². The molecule has 0 heterocycles. The molecule has 1 heteroatoms. The molecule has 8 heavy (non-hydrogen) atoms. The third-order valence-electron chi connectivity index (χ3n) is 0.564. The van der Waals surface area contributed by atoms with E-state index in [2.05, 4.69) is 12.0 Å². The van der Waals surface area contributed by atoms with E-state index in [1.54, 1.807) is 0 Å². The van der Waals surface area contributed by atoms with Crippen LogP contribution < -0.4 is 0 Å². The zero-order valence-corrected chi connectivity index (χ0v) is 5.69. The lowest BCUT2D eigenvalue weighted by Gasteiger charge is -1.87. The van der Waals surface area contributed by atoms with E-state index in [-0.39, 0.29) is 0 Å². The average Bonchev–Trinajstić information content (AvgIpc) is 1.66. The number of hydrogen-bond acceptors (Lipinski definition) is 1. The van der Waals surface area contributed by atoms with E-state index in [9.17, 15) is 0 Å². The van der Waals surface area contributed by atoms with Crippen molar-refractivity contribution < 1.29 is 4.74 Å². The topological polar surface area (TPSA) is 9.23 Å². The van der Waals surface area contributed by atoms with Crippen molar-refractivity contribution in [2.45, 2.75) is 20.8 Å². The third-order valence-corrected chi connectivity index (χ3v) is 0.564. The Bertz CT molecular complexity index is 94.7. The third kappa shape index (κ3) is 5.36. The van der Waals surface area contributed by atoms with E-state index in [0.29, 0.717) is 12.5 Å². The highest BCUT2D eigenvalue weighted by atomic mass is 16.5. The molecule has 0 atom stereocenters. The van der Waals surface area contributed by atoms with Crippen molar-refractivity contribution in [3.63, 3.8) is 0 Å². The Morgan fingerprint density at radius 3 is 2.50 bits per heavy atom. The molecule has 0 aliphatic rings. The molecule has 0 saturated carbocycles. The van der Waals surface area contributed by atoms with Crippen LogP contribution in [-0.2, 0) is 4.74 Å². The van der Waals surface area contributed by atoms with E-state index in [1.165, 1.54) is 0 Å². The molecule has 0 aromatic rings. The molecule has 0 aliphatic carbocycles. The van der Waals surface area contributed by atoms with Crippen molar-refractivity contribution in [3.8, 4) is 12.0 Å².